The molecule has 4 heteroatoms. The topological polar surface area (TPSA) is 50.7 Å². The van der Waals surface area contributed by atoms with E-state index < -0.39 is 6.10 Å². The van der Waals surface area contributed by atoms with Crippen molar-refractivity contribution in [3.63, 3.8) is 0 Å². The third kappa shape index (κ3) is 5.12. The van der Waals surface area contributed by atoms with Gasteiger partial charge >= 0.3 is 0 Å². The van der Waals surface area contributed by atoms with Crippen LogP contribution in [0.15, 0.2) is 18.2 Å². The quantitative estimate of drug-likeness (QED) is 0.683. The molecule has 20 heavy (non-hydrogen) atoms. The number of aliphatic hydroxyl groups excluding tert-OH is 1. The average molecular weight is 281 g/mol. The number of hydrogen-bond acceptors (Lipinski definition) is 4. The SMILES string of the molecule is CCOCCCNC(C)C(O)c1cc(C)ccc1OC. The maximum atomic E-state index is 10.5. The number of hydrogen-bond donors (Lipinski definition) is 2. The highest BCUT2D eigenvalue weighted by atomic mass is 16.5. The van der Waals surface area contributed by atoms with Crippen LogP contribution in [0.5, 0.6) is 5.75 Å². The van der Waals surface area contributed by atoms with E-state index in [0.29, 0.717) is 0 Å². The molecular weight excluding hydrogens is 254 g/mol. The molecule has 0 amide bonds. The Balaban J connectivity index is 2.55. The molecular formula is C16H27NO3. The third-order valence-corrected chi connectivity index (χ3v) is 3.31. The fourth-order valence-corrected chi connectivity index (χ4v) is 2.11. The Labute approximate surface area is 122 Å². The van der Waals surface area contributed by atoms with Gasteiger partial charge in [-0.25, -0.2) is 0 Å². The van der Waals surface area contributed by atoms with Gasteiger partial charge < -0.3 is 19.9 Å². The van der Waals surface area contributed by atoms with Crippen LogP contribution in [-0.2, 0) is 4.74 Å². The summed E-state index contributed by atoms with van der Waals surface area (Å²) in [5.74, 6) is 0.728. The van der Waals surface area contributed by atoms with Crippen LogP contribution in [0.4, 0.5) is 0 Å². The lowest BCUT2D eigenvalue weighted by Crippen LogP contribution is -2.33. The number of aryl methyl sites for hydroxylation is 1. The van der Waals surface area contributed by atoms with Crippen molar-refractivity contribution in [2.75, 3.05) is 26.9 Å². The molecule has 0 aliphatic carbocycles. The normalized spacial score (nSPS) is 14.1. The van der Waals surface area contributed by atoms with Crippen molar-refractivity contribution in [3.05, 3.63) is 29.3 Å². The first-order chi connectivity index (χ1) is 9.60. The van der Waals surface area contributed by atoms with Gasteiger partial charge in [0.05, 0.1) is 13.2 Å². The van der Waals surface area contributed by atoms with Crippen LogP contribution in [0.25, 0.3) is 0 Å². The minimum Gasteiger partial charge on any atom is -0.496 e. The van der Waals surface area contributed by atoms with Gasteiger partial charge in [0.2, 0.25) is 0 Å². The van der Waals surface area contributed by atoms with Gasteiger partial charge in [0.25, 0.3) is 0 Å². The fraction of sp³-hybridized carbons (Fsp3) is 0.625. The molecule has 0 aliphatic heterocycles. The molecule has 114 valence electrons. The molecule has 0 bridgehead atoms. The summed E-state index contributed by atoms with van der Waals surface area (Å²) in [5.41, 5.74) is 1.95. The van der Waals surface area contributed by atoms with Gasteiger partial charge in [-0.3, -0.25) is 0 Å². The zero-order chi connectivity index (χ0) is 15.0. The van der Waals surface area contributed by atoms with E-state index in [1.165, 1.54) is 0 Å². The Morgan fingerprint density at radius 3 is 2.75 bits per heavy atom. The van der Waals surface area contributed by atoms with Gasteiger partial charge in [-0.15, -0.1) is 0 Å². The lowest BCUT2D eigenvalue weighted by Gasteiger charge is -2.22. The molecule has 1 aromatic rings. The van der Waals surface area contributed by atoms with Crippen LogP contribution in [-0.4, -0.2) is 38.0 Å². The molecule has 0 radical (unpaired) electrons. The molecule has 0 saturated carbocycles. The van der Waals surface area contributed by atoms with Gasteiger partial charge in [0.15, 0.2) is 0 Å². The zero-order valence-corrected chi connectivity index (χ0v) is 13.0. The van der Waals surface area contributed by atoms with Gasteiger partial charge in [0, 0.05) is 24.8 Å². The average Bonchev–Trinajstić information content (AvgIpc) is 2.46. The van der Waals surface area contributed by atoms with Crippen LogP contribution in [0.1, 0.15) is 37.5 Å². The third-order valence-electron chi connectivity index (χ3n) is 3.31. The molecule has 0 aromatic heterocycles. The van der Waals surface area contributed by atoms with E-state index in [0.717, 1.165) is 43.1 Å². The van der Waals surface area contributed by atoms with E-state index in [1.807, 2.05) is 39.0 Å². The van der Waals surface area contributed by atoms with Crippen LogP contribution in [0.2, 0.25) is 0 Å². The first kappa shape index (κ1) is 17.0. The maximum absolute atomic E-state index is 10.5. The lowest BCUT2D eigenvalue weighted by molar-refractivity contribution is 0.123. The Kier molecular flexibility index (Phi) is 7.59. The van der Waals surface area contributed by atoms with Crippen molar-refractivity contribution in [1.82, 2.24) is 5.32 Å². The molecule has 0 saturated heterocycles. The number of nitrogens with one attached hydrogen (secondary N) is 1. The predicted molar refractivity (Wildman–Crippen MR) is 81.3 cm³/mol. The summed E-state index contributed by atoms with van der Waals surface area (Å²) in [5, 5.41) is 13.8. The first-order valence-electron chi connectivity index (χ1n) is 7.23. The van der Waals surface area contributed by atoms with E-state index in [1.54, 1.807) is 7.11 Å². The van der Waals surface area contributed by atoms with E-state index in [2.05, 4.69) is 5.32 Å². The maximum Gasteiger partial charge on any atom is 0.124 e. The highest BCUT2D eigenvalue weighted by Crippen LogP contribution is 2.28. The number of aliphatic hydroxyl groups is 1. The molecule has 0 fully saturated rings. The smallest absolute Gasteiger partial charge is 0.124 e. The second-order valence-corrected chi connectivity index (χ2v) is 4.98. The Morgan fingerprint density at radius 2 is 2.10 bits per heavy atom. The van der Waals surface area contributed by atoms with Crippen molar-refractivity contribution in [2.45, 2.75) is 39.3 Å². The molecule has 0 aliphatic rings. The van der Waals surface area contributed by atoms with Crippen molar-refractivity contribution in [3.8, 4) is 5.75 Å². The molecule has 2 N–H and O–H groups in total. The fourth-order valence-electron chi connectivity index (χ4n) is 2.11. The molecule has 2 unspecified atom stereocenters. The van der Waals surface area contributed by atoms with E-state index in [4.69, 9.17) is 9.47 Å². The number of methoxy groups -OCH3 is 1. The number of ether oxygens (including phenoxy) is 2. The Bertz CT molecular complexity index is 395. The largest absolute Gasteiger partial charge is 0.496 e. The van der Waals surface area contributed by atoms with Crippen molar-refractivity contribution in [1.29, 1.82) is 0 Å². The highest BCUT2D eigenvalue weighted by Gasteiger charge is 2.19. The Morgan fingerprint density at radius 1 is 1.35 bits per heavy atom. The zero-order valence-electron chi connectivity index (χ0n) is 13.0. The predicted octanol–water partition coefficient (Wildman–Crippen LogP) is 2.44. The Hall–Kier alpha value is -1.10. The molecule has 0 heterocycles. The summed E-state index contributed by atoms with van der Waals surface area (Å²) >= 11 is 0. The summed E-state index contributed by atoms with van der Waals surface area (Å²) < 4.78 is 10.6. The molecule has 4 nitrogen and oxygen atoms in total. The van der Waals surface area contributed by atoms with Gasteiger partial charge in [-0.1, -0.05) is 11.6 Å². The minimum absolute atomic E-state index is 0.0349. The molecule has 2 atom stereocenters. The van der Waals surface area contributed by atoms with E-state index in [-0.39, 0.29) is 6.04 Å². The monoisotopic (exact) mass is 281 g/mol. The summed E-state index contributed by atoms with van der Waals surface area (Å²) in [7, 11) is 1.63. The van der Waals surface area contributed by atoms with Crippen molar-refractivity contribution in [2.24, 2.45) is 0 Å². The van der Waals surface area contributed by atoms with Gasteiger partial charge in [0.1, 0.15) is 5.75 Å². The standard InChI is InChI=1S/C16H27NO3/c1-5-20-10-6-9-17-13(3)16(18)14-11-12(2)7-8-15(14)19-4/h7-8,11,13,16-18H,5-6,9-10H2,1-4H3. The first-order valence-corrected chi connectivity index (χ1v) is 7.23. The van der Waals surface area contributed by atoms with E-state index >= 15 is 0 Å². The second kappa shape index (κ2) is 8.95. The summed E-state index contributed by atoms with van der Waals surface area (Å²) in [6, 6.07) is 5.82. The summed E-state index contributed by atoms with van der Waals surface area (Å²) in [6.45, 7) is 8.30. The lowest BCUT2D eigenvalue weighted by atomic mass is 10.0. The molecule has 0 spiro atoms. The van der Waals surface area contributed by atoms with E-state index in [9.17, 15) is 5.11 Å². The van der Waals surface area contributed by atoms with Gasteiger partial charge in [-0.05, 0) is 45.9 Å². The van der Waals surface area contributed by atoms with Crippen LogP contribution in [0, 0.1) is 6.92 Å². The number of rotatable bonds is 9. The van der Waals surface area contributed by atoms with Crippen LogP contribution >= 0.6 is 0 Å². The molecule has 1 aromatic carbocycles. The van der Waals surface area contributed by atoms with Gasteiger partial charge in [-0.2, -0.15) is 0 Å². The summed E-state index contributed by atoms with van der Waals surface area (Å²) in [4.78, 5) is 0. The van der Waals surface area contributed by atoms with Crippen LogP contribution < -0.4 is 10.1 Å². The number of benzene rings is 1. The van der Waals surface area contributed by atoms with Crippen LogP contribution in [0.3, 0.4) is 0 Å². The highest BCUT2D eigenvalue weighted by molar-refractivity contribution is 5.39. The van der Waals surface area contributed by atoms with Crippen molar-refractivity contribution >= 4 is 0 Å². The summed E-state index contributed by atoms with van der Waals surface area (Å²) in [6.07, 6.45) is 0.354. The van der Waals surface area contributed by atoms with Crippen molar-refractivity contribution < 1.29 is 14.6 Å². The molecule has 1 rings (SSSR count). The minimum atomic E-state index is -0.586. The second-order valence-electron chi connectivity index (χ2n) is 4.98.